The van der Waals surface area contributed by atoms with Crippen LogP contribution in [0, 0.1) is 0 Å². The summed E-state index contributed by atoms with van der Waals surface area (Å²) < 4.78 is 2.20. The smallest absolute Gasteiger partial charge is 0.0624 e. The van der Waals surface area contributed by atoms with E-state index in [2.05, 4.69) is 41.9 Å². The van der Waals surface area contributed by atoms with Gasteiger partial charge in [0, 0.05) is 18.3 Å². The summed E-state index contributed by atoms with van der Waals surface area (Å²) in [4.78, 5) is 0. The molecule has 0 radical (unpaired) electrons. The number of hydrogen-bond donors (Lipinski definition) is 1. The minimum absolute atomic E-state index is 0.629. The van der Waals surface area contributed by atoms with Gasteiger partial charge in [-0.3, -0.25) is 4.68 Å². The summed E-state index contributed by atoms with van der Waals surface area (Å²) in [5, 5.41) is 7.91. The fourth-order valence-corrected chi connectivity index (χ4v) is 2.02. The van der Waals surface area contributed by atoms with Crippen molar-refractivity contribution in [1.29, 1.82) is 0 Å². The van der Waals surface area contributed by atoms with Crippen LogP contribution in [0.2, 0.25) is 0 Å². The average molecular weight is 237 g/mol. The minimum Gasteiger partial charge on any atom is -0.317 e. The molecular weight excluding hydrogens is 210 g/mol. The van der Waals surface area contributed by atoms with Crippen LogP contribution in [-0.2, 0) is 19.4 Å². The molecule has 0 spiro atoms. The molecular formula is C14H27N3. The van der Waals surface area contributed by atoms with E-state index in [-0.39, 0.29) is 0 Å². The van der Waals surface area contributed by atoms with E-state index in [4.69, 9.17) is 0 Å². The standard InChI is InChI=1S/C14H27N3/c1-5-13-11-14(6-2)17(16-13)10-8-7-9-12(3)15-4/h11-12,15H,5-10H2,1-4H3. The van der Waals surface area contributed by atoms with Crippen molar-refractivity contribution in [3.63, 3.8) is 0 Å². The molecule has 0 saturated heterocycles. The van der Waals surface area contributed by atoms with Gasteiger partial charge in [0.15, 0.2) is 0 Å². The quantitative estimate of drug-likeness (QED) is 0.705. The summed E-state index contributed by atoms with van der Waals surface area (Å²) in [6.45, 7) is 7.68. The van der Waals surface area contributed by atoms with Gasteiger partial charge in [0.25, 0.3) is 0 Å². The fourth-order valence-electron chi connectivity index (χ4n) is 2.02. The molecule has 0 aromatic carbocycles. The van der Waals surface area contributed by atoms with E-state index in [9.17, 15) is 0 Å². The molecule has 17 heavy (non-hydrogen) atoms. The summed E-state index contributed by atoms with van der Waals surface area (Å²) >= 11 is 0. The zero-order valence-corrected chi connectivity index (χ0v) is 11.8. The first kappa shape index (κ1) is 14.2. The highest BCUT2D eigenvalue weighted by molar-refractivity contribution is 5.10. The van der Waals surface area contributed by atoms with Gasteiger partial charge in [-0.25, -0.2) is 0 Å². The molecule has 0 bridgehead atoms. The molecule has 98 valence electrons. The van der Waals surface area contributed by atoms with Gasteiger partial charge in [0.1, 0.15) is 0 Å². The number of hydrogen-bond acceptors (Lipinski definition) is 2. The van der Waals surface area contributed by atoms with Gasteiger partial charge in [-0.15, -0.1) is 0 Å². The Labute approximate surface area is 106 Å². The van der Waals surface area contributed by atoms with Gasteiger partial charge in [-0.2, -0.15) is 5.10 Å². The molecule has 1 aromatic heterocycles. The van der Waals surface area contributed by atoms with Crippen LogP contribution < -0.4 is 5.32 Å². The molecule has 0 amide bonds. The molecule has 0 aliphatic carbocycles. The highest BCUT2D eigenvalue weighted by Crippen LogP contribution is 2.09. The van der Waals surface area contributed by atoms with Crippen LogP contribution in [0.5, 0.6) is 0 Å². The van der Waals surface area contributed by atoms with Crippen molar-refractivity contribution in [1.82, 2.24) is 15.1 Å². The van der Waals surface area contributed by atoms with Crippen LogP contribution in [-0.4, -0.2) is 22.9 Å². The third-order valence-electron chi connectivity index (χ3n) is 3.39. The van der Waals surface area contributed by atoms with Gasteiger partial charge < -0.3 is 5.32 Å². The lowest BCUT2D eigenvalue weighted by molar-refractivity contribution is 0.481. The highest BCUT2D eigenvalue weighted by Gasteiger charge is 2.05. The number of nitrogens with zero attached hydrogens (tertiary/aromatic N) is 2. The lowest BCUT2D eigenvalue weighted by Gasteiger charge is -2.10. The second-order valence-electron chi connectivity index (χ2n) is 4.74. The molecule has 0 aliphatic rings. The highest BCUT2D eigenvalue weighted by atomic mass is 15.3. The van der Waals surface area contributed by atoms with Crippen LogP contribution in [0.15, 0.2) is 6.07 Å². The van der Waals surface area contributed by atoms with E-state index >= 15 is 0 Å². The molecule has 1 aromatic rings. The molecule has 1 atom stereocenters. The third-order valence-corrected chi connectivity index (χ3v) is 3.39. The molecule has 1 N–H and O–H groups in total. The van der Waals surface area contributed by atoms with Crippen molar-refractivity contribution < 1.29 is 0 Å². The van der Waals surface area contributed by atoms with Crippen molar-refractivity contribution in [3.05, 3.63) is 17.5 Å². The third kappa shape index (κ3) is 4.50. The summed E-state index contributed by atoms with van der Waals surface area (Å²) in [6, 6.07) is 2.88. The van der Waals surface area contributed by atoms with Crippen molar-refractivity contribution in [3.8, 4) is 0 Å². The molecule has 3 heteroatoms. The summed E-state index contributed by atoms with van der Waals surface area (Å²) in [7, 11) is 2.03. The maximum atomic E-state index is 4.64. The van der Waals surface area contributed by atoms with Crippen molar-refractivity contribution in [2.24, 2.45) is 0 Å². The normalized spacial score (nSPS) is 12.9. The molecule has 1 heterocycles. The Balaban J connectivity index is 2.37. The number of nitrogens with one attached hydrogen (secondary N) is 1. The van der Waals surface area contributed by atoms with Crippen LogP contribution >= 0.6 is 0 Å². The van der Waals surface area contributed by atoms with E-state index in [0.717, 1.165) is 19.4 Å². The van der Waals surface area contributed by atoms with Gasteiger partial charge in [-0.1, -0.05) is 20.3 Å². The van der Waals surface area contributed by atoms with Gasteiger partial charge in [0.2, 0.25) is 0 Å². The largest absolute Gasteiger partial charge is 0.317 e. The lowest BCUT2D eigenvalue weighted by Crippen LogP contribution is -2.20. The van der Waals surface area contributed by atoms with Crippen LogP contribution in [0.4, 0.5) is 0 Å². The van der Waals surface area contributed by atoms with E-state index in [0.29, 0.717) is 6.04 Å². The molecule has 1 unspecified atom stereocenters. The van der Waals surface area contributed by atoms with E-state index in [1.165, 1.54) is 30.7 Å². The number of aryl methyl sites for hydroxylation is 3. The average Bonchev–Trinajstić information content (AvgIpc) is 2.76. The molecule has 3 nitrogen and oxygen atoms in total. The Morgan fingerprint density at radius 2 is 2.06 bits per heavy atom. The van der Waals surface area contributed by atoms with Crippen LogP contribution in [0.3, 0.4) is 0 Å². The minimum atomic E-state index is 0.629. The zero-order valence-electron chi connectivity index (χ0n) is 11.8. The van der Waals surface area contributed by atoms with Crippen LogP contribution in [0.25, 0.3) is 0 Å². The fraction of sp³-hybridized carbons (Fsp3) is 0.786. The molecule has 0 aliphatic heterocycles. The first-order valence-electron chi connectivity index (χ1n) is 6.94. The summed E-state index contributed by atoms with van der Waals surface area (Å²) in [5.41, 5.74) is 2.61. The second-order valence-corrected chi connectivity index (χ2v) is 4.74. The van der Waals surface area contributed by atoms with Gasteiger partial charge >= 0.3 is 0 Å². The molecule has 1 rings (SSSR count). The predicted molar refractivity (Wildman–Crippen MR) is 73.4 cm³/mol. The van der Waals surface area contributed by atoms with Crippen molar-refractivity contribution in [2.45, 2.75) is 65.5 Å². The number of rotatable bonds is 8. The topological polar surface area (TPSA) is 29.9 Å². The Morgan fingerprint density at radius 3 is 2.65 bits per heavy atom. The van der Waals surface area contributed by atoms with Crippen molar-refractivity contribution in [2.75, 3.05) is 7.05 Å². The maximum absolute atomic E-state index is 4.64. The Kier molecular flexibility index (Phi) is 6.27. The van der Waals surface area contributed by atoms with Crippen LogP contribution in [0.1, 0.15) is 51.4 Å². The molecule has 0 fully saturated rings. The zero-order chi connectivity index (χ0) is 12.7. The van der Waals surface area contributed by atoms with E-state index in [1.807, 2.05) is 7.05 Å². The van der Waals surface area contributed by atoms with E-state index in [1.54, 1.807) is 0 Å². The second kappa shape index (κ2) is 7.49. The lowest BCUT2D eigenvalue weighted by atomic mass is 10.1. The van der Waals surface area contributed by atoms with Gasteiger partial charge in [0.05, 0.1) is 5.69 Å². The van der Waals surface area contributed by atoms with E-state index < -0.39 is 0 Å². The summed E-state index contributed by atoms with van der Waals surface area (Å²) in [5.74, 6) is 0. The first-order valence-corrected chi connectivity index (χ1v) is 6.94. The van der Waals surface area contributed by atoms with Crippen molar-refractivity contribution >= 4 is 0 Å². The Hall–Kier alpha value is -0.830. The van der Waals surface area contributed by atoms with Gasteiger partial charge in [-0.05, 0) is 45.7 Å². The monoisotopic (exact) mass is 237 g/mol. The first-order chi connectivity index (χ1) is 8.21. The SMILES string of the molecule is CCc1cc(CC)n(CCCCC(C)NC)n1. The number of unbranched alkanes of at least 4 members (excludes halogenated alkanes) is 1. The Bertz CT molecular complexity index is 317. The maximum Gasteiger partial charge on any atom is 0.0624 e. The number of aromatic nitrogens is 2. The predicted octanol–water partition coefficient (Wildman–Crippen LogP) is 2.79. The Morgan fingerprint density at radius 1 is 1.29 bits per heavy atom. The summed E-state index contributed by atoms with van der Waals surface area (Å²) in [6.07, 6.45) is 5.87. The molecule has 0 saturated carbocycles.